The molecule has 0 unspecified atom stereocenters. The van der Waals surface area contributed by atoms with Gasteiger partial charge < -0.3 is 14.8 Å². The molecule has 1 saturated carbocycles. The molecule has 0 bridgehead atoms. The number of methoxy groups -OCH3 is 2. The second kappa shape index (κ2) is 10.1. The van der Waals surface area contributed by atoms with Gasteiger partial charge in [0.15, 0.2) is 0 Å². The summed E-state index contributed by atoms with van der Waals surface area (Å²) in [6, 6.07) is 7.26. The lowest BCUT2D eigenvalue weighted by Crippen LogP contribution is -2.65. The number of carbonyl (C=O) groups excluding carboxylic acids is 2. The summed E-state index contributed by atoms with van der Waals surface area (Å²) in [7, 11) is 3.14. The number of hydrogen-bond acceptors (Lipinski definition) is 5. The summed E-state index contributed by atoms with van der Waals surface area (Å²) in [5.74, 6) is 0.667. The van der Waals surface area contributed by atoms with E-state index < -0.39 is 5.54 Å². The van der Waals surface area contributed by atoms with Crippen molar-refractivity contribution in [2.24, 2.45) is 0 Å². The van der Waals surface area contributed by atoms with Crippen molar-refractivity contribution in [3.63, 3.8) is 0 Å². The molecule has 2 aromatic rings. The number of fused-ring (bicyclic) bond motifs is 1. The van der Waals surface area contributed by atoms with Gasteiger partial charge in [-0.15, -0.1) is 0 Å². The average molecular weight is 497 g/mol. The highest BCUT2D eigenvalue weighted by Gasteiger charge is 2.49. The first-order valence-corrected chi connectivity index (χ1v) is 13.0. The lowest BCUT2D eigenvalue weighted by Gasteiger charge is -2.44. The van der Waals surface area contributed by atoms with Crippen molar-refractivity contribution < 1.29 is 19.1 Å². The van der Waals surface area contributed by atoms with Crippen LogP contribution in [0.25, 0.3) is 0 Å². The van der Waals surface area contributed by atoms with Gasteiger partial charge in [0.1, 0.15) is 22.7 Å². The molecule has 36 heavy (non-hydrogen) atoms. The maximum Gasteiger partial charge on any atom is 0.277 e. The highest BCUT2D eigenvalue weighted by Crippen LogP contribution is 2.38. The minimum absolute atomic E-state index is 0.107. The van der Waals surface area contributed by atoms with Gasteiger partial charge in [-0.05, 0) is 25.8 Å². The molecule has 8 nitrogen and oxygen atoms in total. The van der Waals surface area contributed by atoms with Crippen molar-refractivity contribution in [2.45, 2.75) is 96.2 Å². The van der Waals surface area contributed by atoms with E-state index in [1.165, 1.54) is 19.3 Å². The number of aromatic nitrogens is 2. The van der Waals surface area contributed by atoms with Crippen molar-refractivity contribution in [1.29, 1.82) is 0 Å². The fourth-order valence-electron chi connectivity index (χ4n) is 5.22. The molecular weight excluding hydrogens is 456 g/mol. The maximum absolute atomic E-state index is 14.1. The van der Waals surface area contributed by atoms with E-state index in [1.807, 2.05) is 13.0 Å². The highest BCUT2D eigenvalue weighted by molar-refractivity contribution is 6.12. The number of carbonyl (C=O) groups is 2. The Morgan fingerprint density at radius 1 is 1.00 bits per heavy atom. The number of rotatable bonds is 5. The van der Waals surface area contributed by atoms with E-state index in [9.17, 15) is 9.59 Å². The second-order valence-electron chi connectivity index (χ2n) is 11.3. The number of benzene rings is 1. The molecule has 0 radical (unpaired) electrons. The number of amides is 2. The van der Waals surface area contributed by atoms with Crippen LogP contribution in [0.1, 0.15) is 88.8 Å². The number of hydrogen-bond donors (Lipinski definition) is 1. The SMILES string of the molecule is COc1cc(OC)cc(N2C(=O)c3cc(C(C)(C)C)nn3C[C@@]2(C)C(=O)NC2CCCCCCC2)c1. The van der Waals surface area contributed by atoms with Gasteiger partial charge >= 0.3 is 0 Å². The summed E-state index contributed by atoms with van der Waals surface area (Å²) in [5, 5.41) is 8.07. The van der Waals surface area contributed by atoms with Gasteiger partial charge in [0, 0.05) is 29.7 Å². The van der Waals surface area contributed by atoms with Crippen LogP contribution in [-0.2, 0) is 16.8 Å². The molecule has 2 heterocycles. The fraction of sp³-hybridized carbons (Fsp3) is 0.607. The molecule has 2 aliphatic rings. The standard InChI is InChI=1S/C28H40N4O4/c1-27(2,3)24-17-23-25(33)32(20-14-21(35-5)16-22(15-20)36-6)28(4,18-31(23)30-24)26(34)29-19-12-10-8-7-9-11-13-19/h14-17,19H,7-13,18H2,1-6H3,(H,29,34)/t28-/m0/s1. The van der Waals surface area contributed by atoms with E-state index in [0.717, 1.165) is 31.4 Å². The third kappa shape index (κ3) is 5.08. The van der Waals surface area contributed by atoms with Crippen LogP contribution in [-0.4, -0.2) is 47.4 Å². The van der Waals surface area contributed by atoms with Gasteiger partial charge in [-0.2, -0.15) is 5.10 Å². The molecule has 196 valence electrons. The van der Waals surface area contributed by atoms with Crippen LogP contribution in [0, 0.1) is 0 Å². The number of ether oxygens (including phenoxy) is 2. The van der Waals surface area contributed by atoms with Crippen molar-refractivity contribution in [3.8, 4) is 11.5 Å². The van der Waals surface area contributed by atoms with Gasteiger partial charge in [0.25, 0.3) is 5.91 Å². The molecule has 0 spiro atoms. The summed E-state index contributed by atoms with van der Waals surface area (Å²) in [6.45, 7) is 8.28. The van der Waals surface area contributed by atoms with E-state index in [0.29, 0.717) is 22.9 Å². The molecule has 1 aromatic carbocycles. The Kier molecular flexibility index (Phi) is 7.34. The smallest absolute Gasteiger partial charge is 0.277 e. The summed E-state index contributed by atoms with van der Waals surface area (Å²) < 4.78 is 12.7. The largest absolute Gasteiger partial charge is 0.497 e. The third-order valence-electron chi connectivity index (χ3n) is 7.45. The zero-order chi connectivity index (χ0) is 26.1. The number of nitrogens with one attached hydrogen (secondary N) is 1. The van der Waals surface area contributed by atoms with E-state index >= 15 is 0 Å². The molecule has 1 aliphatic carbocycles. The average Bonchev–Trinajstić information content (AvgIpc) is 3.25. The molecule has 1 aliphatic heterocycles. The maximum atomic E-state index is 14.1. The fourth-order valence-corrected chi connectivity index (χ4v) is 5.22. The minimum Gasteiger partial charge on any atom is -0.497 e. The quantitative estimate of drug-likeness (QED) is 0.640. The Labute approximate surface area is 214 Å². The van der Waals surface area contributed by atoms with E-state index in [-0.39, 0.29) is 29.8 Å². The number of nitrogens with zero attached hydrogens (tertiary/aromatic N) is 3. The van der Waals surface area contributed by atoms with Gasteiger partial charge in [-0.25, -0.2) is 0 Å². The monoisotopic (exact) mass is 496 g/mol. The van der Waals surface area contributed by atoms with Crippen LogP contribution in [0.3, 0.4) is 0 Å². The lowest BCUT2D eigenvalue weighted by atomic mass is 9.90. The van der Waals surface area contributed by atoms with Gasteiger partial charge in [0.2, 0.25) is 5.91 Å². The normalized spacial score (nSPS) is 21.4. The van der Waals surface area contributed by atoms with Crippen molar-refractivity contribution >= 4 is 17.5 Å². The molecule has 1 N–H and O–H groups in total. The first-order chi connectivity index (χ1) is 17.1. The number of anilines is 1. The summed E-state index contributed by atoms with van der Waals surface area (Å²) in [5.41, 5.74) is 0.421. The Bertz CT molecular complexity index is 1090. The molecule has 1 fully saturated rings. The van der Waals surface area contributed by atoms with Crippen molar-refractivity contribution in [2.75, 3.05) is 19.1 Å². The Morgan fingerprint density at radius 3 is 2.14 bits per heavy atom. The Hall–Kier alpha value is -3.03. The highest BCUT2D eigenvalue weighted by atomic mass is 16.5. The van der Waals surface area contributed by atoms with Crippen LogP contribution < -0.4 is 19.7 Å². The molecule has 1 aromatic heterocycles. The topological polar surface area (TPSA) is 85.7 Å². The first kappa shape index (κ1) is 26.0. The van der Waals surface area contributed by atoms with Crippen LogP contribution in [0.2, 0.25) is 0 Å². The van der Waals surface area contributed by atoms with E-state index in [2.05, 4.69) is 26.1 Å². The van der Waals surface area contributed by atoms with Crippen molar-refractivity contribution in [3.05, 3.63) is 35.7 Å². The molecule has 1 atom stereocenters. The molecule has 2 amide bonds. The zero-order valence-corrected chi connectivity index (χ0v) is 22.5. The molecule has 4 rings (SSSR count). The zero-order valence-electron chi connectivity index (χ0n) is 22.5. The first-order valence-electron chi connectivity index (χ1n) is 13.0. The molecule has 8 heteroatoms. The summed E-state index contributed by atoms with van der Waals surface area (Å²) in [4.78, 5) is 29.7. The van der Waals surface area contributed by atoms with Crippen molar-refractivity contribution in [1.82, 2.24) is 15.1 Å². The van der Waals surface area contributed by atoms with E-state index in [4.69, 9.17) is 14.6 Å². The second-order valence-corrected chi connectivity index (χ2v) is 11.3. The van der Waals surface area contributed by atoms with Crippen LogP contribution in [0.5, 0.6) is 11.5 Å². The minimum atomic E-state index is -1.19. The molecular formula is C28H40N4O4. The molecule has 0 saturated heterocycles. The Morgan fingerprint density at radius 2 is 1.58 bits per heavy atom. The van der Waals surface area contributed by atoms with Crippen LogP contribution >= 0.6 is 0 Å². The van der Waals surface area contributed by atoms with Gasteiger partial charge in [-0.3, -0.25) is 19.2 Å². The third-order valence-corrected chi connectivity index (χ3v) is 7.45. The Balaban J connectivity index is 1.78. The summed E-state index contributed by atoms with van der Waals surface area (Å²) >= 11 is 0. The van der Waals surface area contributed by atoms with Crippen LogP contribution in [0.4, 0.5) is 5.69 Å². The van der Waals surface area contributed by atoms with Gasteiger partial charge in [0.05, 0.1) is 32.1 Å². The lowest BCUT2D eigenvalue weighted by molar-refractivity contribution is -0.127. The van der Waals surface area contributed by atoms with E-state index in [1.54, 1.807) is 42.0 Å². The summed E-state index contributed by atoms with van der Waals surface area (Å²) in [6.07, 6.45) is 7.80. The predicted octanol–water partition coefficient (Wildman–Crippen LogP) is 4.85. The van der Waals surface area contributed by atoms with Crippen LogP contribution in [0.15, 0.2) is 24.3 Å². The van der Waals surface area contributed by atoms with Gasteiger partial charge in [-0.1, -0.05) is 52.9 Å². The predicted molar refractivity (Wildman–Crippen MR) is 140 cm³/mol.